The summed E-state index contributed by atoms with van der Waals surface area (Å²) in [6, 6.07) is 16.7. The molecule has 8 rings (SSSR count). The summed E-state index contributed by atoms with van der Waals surface area (Å²) in [5, 5.41) is 5.78. The summed E-state index contributed by atoms with van der Waals surface area (Å²) in [6.45, 7) is 18.8. The fraction of sp³-hybridized carbons (Fsp3) is 0.528. The van der Waals surface area contributed by atoms with Gasteiger partial charge in [-0.25, -0.2) is 5.43 Å². The van der Waals surface area contributed by atoms with Crippen molar-refractivity contribution in [3.05, 3.63) is 90.3 Å². The number of likely N-dealkylation sites (tertiary alicyclic amines) is 1. The summed E-state index contributed by atoms with van der Waals surface area (Å²) in [5.41, 5.74) is 17.7. The van der Waals surface area contributed by atoms with Crippen molar-refractivity contribution in [3.8, 4) is 22.4 Å². The smallest absolute Gasteiger partial charge is 0.324 e. The van der Waals surface area contributed by atoms with Gasteiger partial charge in [-0.05, 0) is 122 Å². The molecule has 4 aromatic rings. The number of esters is 1. The Kier molecular flexibility index (Phi) is 13.6. The molecule has 4 N–H and O–H groups in total. The number of hydrazine groups is 1. The van der Waals surface area contributed by atoms with Crippen LogP contribution in [0.1, 0.15) is 96.6 Å². The highest BCUT2D eigenvalue weighted by molar-refractivity contribution is 5.95. The van der Waals surface area contributed by atoms with E-state index in [2.05, 4.69) is 79.1 Å². The van der Waals surface area contributed by atoms with Gasteiger partial charge in [0.15, 0.2) is 0 Å². The molecule has 7 atom stereocenters. The number of fused-ring (bicyclic) bond motifs is 7. The molecular formula is C53H69N7O6. The van der Waals surface area contributed by atoms with Crippen LogP contribution in [0.25, 0.3) is 33.3 Å². The molecule has 6 bridgehead atoms. The second-order valence-electron chi connectivity index (χ2n) is 20.5. The summed E-state index contributed by atoms with van der Waals surface area (Å²) in [5.74, 6) is -1.25. The lowest BCUT2D eigenvalue weighted by molar-refractivity contribution is -0.155. The molecule has 0 spiro atoms. The molecular weight excluding hydrogens is 831 g/mol. The minimum atomic E-state index is -0.945. The van der Waals surface area contributed by atoms with Gasteiger partial charge in [0.1, 0.15) is 12.1 Å². The number of carbonyl (C=O) groups excluding carboxylic acids is 4. The van der Waals surface area contributed by atoms with Gasteiger partial charge in [-0.1, -0.05) is 64.6 Å². The van der Waals surface area contributed by atoms with Gasteiger partial charge in [-0.3, -0.25) is 29.2 Å². The zero-order valence-corrected chi connectivity index (χ0v) is 39.9. The van der Waals surface area contributed by atoms with E-state index >= 15 is 0 Å². The van der Waals surface area contributed by atoms with E-state index in [1.165, 1.54) is 11.1 Å². The largest absolute Gasteiger partial charge is 0.464 e. The van der Waals surface area contributed by atoms with Crippen LogP contribution in [-0.2, 0) is 48.0 Å². The molecule has 2 saturated heterocycles. The number of hydrogen-bond donors (Lipinski definition) is 3. The van der Waals surface area contributed by atoms with Gasteiger partial charge in [0.05, 0.1) is 30.0 Å². The maximum Gasteiger partial charge on any atom is 0.324 e. The zero-order chi connectivity index (χ0) is 47.1. The normalized spacial score (nSPS) is 24.3. The number of nitrogens with two attached hydrogens (primary N) is 1. The van der Waals surface area contributed by atoms with Gasteiger partial charge >= 0.3 is 5.97 Å². The van der Waals surface area contributed by atoms with Crippen LogP contribution in [-0.4, -0.2) is 94.6 Å². The van der Waals surface area contributed by atoms with E-state index in [1.54, 1.807) is 7.11 Å². The third-order valence-corrected chi connectivity index (χ3v) is 14.9. The number of ether oxygens (including phenoxy) is 2. The summed E-state index contributed by atoms with van der Waals surface area (Å²) < 4.78 is 14.3. The number of aromatic nitrogens is 2. The number of aryl methyl sites for hydroxylation is 1. The monoisotopic (exact) mass is 900 g/mol. The van der Waals surface area contributed by atoms with E-state index in [-0.39, 0.29) is 48.2 Å². The van der Waals surface area contributed by atoms with Crippen molar-refractivity contribution in [3.63, 3.8) is 0 Å². The van der Waals surface area contributed by atoms with E-state index in [9.17, 15) is 19.2 Å². The first-order chi connectivity index (χ1) is 31.6. The molecule has 4 aliphatic rings. The topological polar surface area (TPSA) is 161 Å². The van der Waals surface area contributed by atoms with E-state index in [0.717, 1.165) is 76.0 Å². The summed E-state index contributed by atoms with van der Waals surface area (Å²) in [4.78, 5) is 62.3. The molecule has 1 aliphatic carbocycles. The van der Waals surface area contributed by atoms with Gasteiger partial charge in [0, 0.05) is 73.8 Å². The first-order valence-electron chi connectivity index (χ1n) is 24.0. The number of amides is 3. The molecule has 3 amide bonds. The Morgan fingerprint density at radius 2 is 1.89 bits per heavy atom. The Morgan fingerprint density at radius 3 is 2.64 bits per heavy atom. The lowest BCUT2D eigenvalue weighted by Crippen LogP contribution is -2.61. The van der Waals surface area contributed by atoms with Crippen LogP contribution < -0.4 is 16.5 Å². The van der Waals surface area contributed by atoms with Gasteiger partial charge < -0.3 is 30.0 Å². The molecule has 13 heteroatoms. The molecule has 3 fully saturated rings. The Balaban J connectivity index is 1.15. The number of nitrogens with one attached hydrogen (secondary N) is 2. The van der Waals surface area contributed by atoms with E-state index in [4.69, 9.17) is 20.2 Å². The molecule has 2 aromatic carbocycles. The van der Waals surface area contributed by atoms with E-state index in [0.29, 0.717) is 44.7 Å². The fourth-order valence-electron chi connectivity index (χ4n) is 11.2. The Morgan fingerprint density at radius 1 is 1.11 bits per heavy atom. The van der Waals surface area contributed by atoms with Crippen molar-refractivity contribution in [2.24, 2.45) is 34.3 Å². The highest BCUT2D eigenvalue weighted by Crippen LogP contribution is 2.61. The molecule has 13 nitrogen and oxygen atoms in total. The van der Waals surface area contributed by atoms with Crippen molar-refractivity contribution < 1.29 is 28.7 Å². The number of pyridine rings is 1. The van der Waals surface area contributed by atoms with Crippen LogP contribution in [0.3, 0.4) is 0 Å². The summed E-state index contributed by atoms with van der Waals surface area (Å²) in [7, 11) is 1.70. The lowest BCUT2D eigenvalue weighted by Gasteiger charge is -2.36. The predicted molar refractivity (Wildman–Crippen MR) is 257 cm³/mol. The van der Waals surface area contributed by atoms with Crippen molar-refractivity contribution >= 4 is 34.6 Å². The Bertz CT molecular complexity index is 2500. The van der Waals surface area contributed by atoms with Crippen molar-refractivity contribution in [2.45, 2.75) is 117 Å². The van der Waals surface area contributed by atoms with Crippen LogP contribution in [0.4, 0.5) is 0 Å². The number of piperidine rings is 1. The number of rotatable bonds is 12. The van der Waals surface area contributed by atoms with Crippen molar-refractivity contribution in [1.82, 2.24) is 30.2 Å². The quantitative estimate of drug-likeness (QED) is 0.0991. The SMILES string of the molecule is C=CC(=O)N1CC2CC2(CC[C@H](N)[C@H](C(=O)N[C@H]2Cc3cccc(c3)-c3ccc4c(c3)c(c(-c3cccnc3[C@H](C)OC)n4CC)CC(C)(C)COC(=O)[C@@H]3CCCN(N3)C2=O)C(C)C)C1. The third kappa shape index (κ3) is 9.44. The van der Waals surface area contributed by atoms with Crippen LogP contribution >= 0.6 is 0 Å². The molecule has 2 aromatic heterocycles. The van der Waals surface area contributed by atoms with E-state index < -0.39 is 35.4 Å². The third-order valence-electron chi connectivity index (χ3n) is 14.9. The minimum Gasteiger partial charge on any atom is -0.464 e. The Labute approximate surface area is 389 Å². The van der Waals surface area contributed by atoms with Crippen molar-refractivity contribution in [2.75, 3.05) is 33.4 Å². The molecule has 2 unspecified atom stereocenters. The van der Waals surface area contributed by atoms with Gasteiger partial charge in [0.25, 0.3) is 5.91 Å². The predicted octanol–water partition coefficient (Wildman–Crippen LogP) is 7.16. The zero-order valence-electron chi connectivity index (χ0n) is 39.9. The van der Waals surface area contributed by atoms with Crippen LogP contribution in [0, 0.1) is 28.6 Å². The first-order valence-corrected chi connectivity index (χ1v) is 24.0. The Hall–Kier alpha value is -5.37. The maximum absolute atomic E-state index is 14.7. The molecule has 1 saturated carbocycles. The second-order valence-corrected chi connectivity index (χ2v) is 20.5. The molecule has 3 aliphatic heterocycles. The second kappa shape index (κ2) is 19.1. The molecule has 0 radical (unpaired) electrons. The highest BCUT2D eigenvalue weighted by Gasteiger charge is 2.60. The number of carbonyl (C=O) groups is 4. The summed E-state index contributed by atoms with van der Waals surface area (Å²) in [6.07, 6.45) is 7.39. The molecule has 5 heterocycles. The average molecular weight is 900 g/mol. The van der Waals surface area contributed by atoms with Crippen molar-refractivity contribution in [1.29, 1.82) is 0 Å². The van der Waals surface area contributed by atoms with Gasteiger partial charge in [-0.2, -0.15) is 0 Å². The average Bonchev–Trinajstić information content (AvgIpc) is 3.72. The lowest BCUT2D eigenvalue weighted by atomic mass is 9.83. The van der Waals surface area contributed by atoms with Crippen LogP contribution in [0.5, 0.6) is 0 Å². The number of methoxy groups -OCH3 is 1. The van der Waals surface area contributed by atoms with E-state index in [1.807, 2.05) is 50.1 Å². The maximum atomic E-state index is 14.7. The van der Waals surface area contributed by atoms with Crippen LogP contribution in [0.15, 0.2) is 73.4 Å². The number of benzene rings is 2. The van der Waals surface area contributed by atoms with Gasteiger partial charge in [0.2, 0.25) is 11.8 Å². The standard InChI is InChI=1S/C53H69N7O6/c1-9-45(61)58-29-37-27-53(37,30-58)21-20-41(54)46(32(3)4)49(62)56-43-25-34-14-11-15-35(24-34)36-18-19-44-39(26-36)40(48(59(44)10-2)38-16-12-22-55-47(38)33(5)65-8)28-52(6,7)31-66-51(64)42-17-13-23-60(57-42)50(43)63/h9,11-12,14-16,18-19,22,24,26,32-33,37,41-43,46,57H,1,10,13,17,20-21,23,25,27-31,54H2,2-8H3,(H,56,62)/t33-,37?,41-,42-,43-,46+,53?/m0/s1. The van der Waals surface area contributed by atoms with Crippen LogP contribution in [0.2, 0.25) is 0 Å². The summed E-state index contributed by atoms with van der Waals surface area (Å²) >= 11 is 0. The highest BCUT2D eigenvalue weighted by atomic mass is 16.5. The number of hydrogen-bond acceptors (Lipinski definition) is 9. The number of cyclic esters (lactones) is 1. The molecule has 352 valence electrons. The number of nitrogens with zero attached hydrogens (tertiary/aromatic N) is 4. The minimum absolute atomic E-state index is 0.0415. The first kappa shape index (κ1) is 47.1. The van der Waals surface area contributed by atoms with Gasteiger partial charge in [-0.15, -0.1) is 0 Å². The fourth-order valence-corrected chi connectivity index (χ4v) is 11.2. The molecule has 66 heavy (non-hydrogen) atoms.